The fourth-order valence-corrected chi connectivity index (χ4v) is 3.38. The first-order valence-corrected chi connectivity index (χ1v) is 9.06. The quantitative estimate of drug-likeness (QED) is 0.702. The zero-order valence-corrected chi connectivity index (χ0v) is 15.3. The number of aromatic nitrogens is 2. The summed E-state index contributed by atoms with van der Waals surface area (Å²) in [7, 11) is 1.62. The van der Waals surface area contributed by atoms with Gasteiger partial charge in [-0.2, -0.15) is 0 Å². The number of likely N-dealkylation sites (tertiary alicyclic amines) is 1. The predicted molar refractivity (Wildman–Crippen MR) is 101 cm³/mol. The van der Waals surface area contributed by atoms with Crippen molar-refractivity contribution in [2.45, 2.75) is 25.3 Å². The van der Waals surface area contributed by atoms with Crippen LogP contribution in [0.2, 0.25) is 0 Å². The predicted octanol–water partition coefficient (Wildman–Crippen LogP) is 1.03. The maximum absolute atomic E-state index is 12.4. The molecule has 3 rings (SSSR count). The standard InChI is InChI=1S/C19H24N4O4/c1-27-14-7-5-13(6-8-14)16(23-9-3-2-4-10-23)12-20-17(24)15-11-21-19(26)22-18(15)25/h5-8,11,16H,2-4,9-10,12H2,1H3,(H,20,24)(H2,21,22,25,26). The molecule has 8 nitrogen and oxygen atoms in total. The molecular weight excluding hydrogens is 348 g/mol. The highest BCUT2D eigenvalue weighted by molar-refractivity contribution is 5.93. The van der Waals surface area contributed by atoms with Gasteiger partial charge >= 0.3 is 5.69 Å². The van der Waals surface area contributed by atoms with E-state index in [0.717, 1.165) is 43.4 Å². The van der Waals surface area contributed by atoms with E-state index in [2.05, 4.69) is 20.2 Å². The van der Waals surface area contributed by atoms with Crippen LogP contribution in [0.1, 0.15) is 41.2 Å². The van der Waals surface area contributed by atoms with Crippen LogP contribution in [0, 0.1) is 0 Å². The summed E-state index contributed by atoms with van der Waals surface area (Å²) in [5.74, 6) is 0.267. The van der Waals surface area contributed by atoms with Crippen LogP contribution < -0.4 is 21.3 Å². The molecule has 27 heavy (non-hydrogen) atoms. The summed E-state index contributed by atoms with van der Waals surface area (Å²) >= 11 is 0. The molecule has 2 aromatic rings. The van der Waals surface area contributed by atoms with E-state index in [4.69, 9.17) is 4.74 Å². The second-order valence-corrected chi connectivity index (χ2v) is 6.58. The third kappa shape index (κ3) is 4.65. The Labute approximate surface area is 156 Å². The molecule has 1 aliphatic rings. The van der Waals surface area contributed by atoms with Crippen LogP contribution in [0.15, 0.2) is 40.1 Å². The molecule has 1 unspecified atom stereocenters. The smallest absolute Gasteiger partial charge is 0.325 e. The topological polar surface area (TPSA) is 107 Å². The largest absolute Gasteiger partial charge is 0.497 e. The van der Waals surface area contributed by atoms with Crippen LogP contribution >= 0.6 is 0 Å². The van der Waals surface area contributed by atoms with Gasteiger partial charge in [-0.1, -0.05) is 18.6 Å². The zero-order chi connectivity index (χ0) is 19.2. The Morgan fingerprint density at radius 2 is 1.89 bits per heavy atom. The van der Waals surface area contributed by atoms with E-state index in [1.807, 2.05) is 24.3 Å². The first-order valence-electron chi connectivity index (χ1n) is 9.06. The summed E-state index contributed by atoms with van der Waals surface area (Å²) in [4.78, 5) is 42.1. The minimum atomic E-state index is -0.699. The molecule has 0 radical (unpaired) electrons. The van der Waals surface area contributed by atoms with E-state index in [0.29, 0.717) is 6.54 Å². The van der Waals surface area contributed by atoms with Gasteiger partial charge in [-0.25, -0.2) is 4.79 Å². The molecule has 2 heterocycles. The van der Waals surface area contributed by atoms with Gasteiger partial charge in [0.05, 0.1) is 13.2 Å². The number of amides is 1. The molecule has 1 fully saturated rings. The molecule has 3 N–H and O–H groups in total. The van der Waals surface area contributed by atoms with E-state index < -0.39 is 17.2 Å². The molecule has 1 atom stereocenters. The molecule has 1 aliphatic heterocycles. The Morgan fingerprint density at radius 3 is 2.52 bits per heavy atom. The molecule has 1 amide bonds. The van der Waals surface area contributed by atoms with Gasteiger partial charge in [-0.3, -0.25) is 19.5 Å². The lowest BCUT2D eigenvalue weighted by Crippen LogP contribution is -2.42. The number of hydrogen-bond acceptors (Lipinski definition) is 5. The minimum absolute atomic E-state index is 0.00185. The van der Waals surface area contributed by atoms with Crippen molar-refractivity contribution in [1.82, 2.24) is 20.2 Å². The lowest BCUT2D eigenvalue weighted by molar-refractivity contribution is 0.0922. The SMILES string of the molecule is COc1ccc(C(CNC(=O)c2c[nH]c(=O)[nH]c2=O)N2CCCCC2)cc1. The maximum Gasteiger partial charge on any atom is 0.325 e. The van der Waals surface area contributed by atoms with E-state index >= 15 is 0 Å². The van der Waals surface area contributed by atoms with Crippen LogP contribution in [0.25, 0.3) is 0 Å². The number of carbonyl (C=O) groups is 1. The molecule has 0 spiro atoms. The van der Waals surface area contributed by atoms with Gasteiger partial charge in [0, 0.05) is 12.7 Å². The lowest BCUT2D eigenvalue weighted by Gasteiger charge is -2.35. The van der Waals surface area contributed by atoms with Crippen LogP contribution in [0.3, 0.4) is 0 Å². The number of nitrogens with zero attached hydrogens (tertiary/aromatic N) is 1. The molecule has 1 saturated heterocycles. The molecule has 0 bridgehead atoms. The second-order valence-electron chi connectivity index (χ2n) is 6.58. The van der Waals surface area contributed by atoms with Crippen molar-refractivity contribution in [2.75, 3.05) is 26.7 Å². The van der Waals surface area contributed by atoms with E-state index in [9.17, 15) is 14.4 Å². The number of hydrogen-bond donors (Lipinski definition) is 3. The van der Waals surface area contributed by atoms with E-state index in [1.54, 1.807) is 7.11 Å². The monoisotopic (exact) mass is 372 g/mol. The summed E-state index contributed by atoms with van der Waals surface area (Å²) in [6, 6.07) is 7.80. The van der Waals surface area contributed by atoms with Crippen LogP contribution in [-0.4, -0.2) is 47.5 Å². The number of methoxy groups -OCH3 is 1. The average Bonchev–Trinajstić information content (AvgIpc) is 2.69. The normalized spacial score (nSPS) is 15.9. The van der Waals surface area contributed by atoms with Gasteiger partial charge in [0.1, 0.15) is 11.3 Å². The molecule has 0 aliphatic carbocycles. The number of piperidine rings is 1. The van der Waals surface area contributed by atoms with Crippen molar-refractivity contribution in [1.29, 1.82) is 0 Å². The highest BCUT2D eigenvalue weighted by Crippen LogP contribution is 2.25. The van der Waals surface area contributed by atoms with Gasteiger partial charge in [0.15, 0.2) is 0 Å². The van der Waals surface area contributed by atoms with E-state index in [1.165, 1.54) is 6.42 Å². The summed E-state index contributed by atoms with van der Waals surface area (Å²) < 4.78 is 5.22. The van der Waals surface area contributed by atoms with Crippen molar-refractivity contribution in [2.24, 2.45) is 0 Å². The van der Waals surface area contributed by atoms with Gasteiger partial charge in [-0.05, 0) is 43.6 Å². The average molecular weight is 372 g/mol. The Hall–Kier alpha value is -2.87. The molecule has 144 valence electrons. The summed E-state index contributed by atoms with van der Waals surface area (Å²) in [5.41, 5.74) is -0.369. The molecule has 8 heteroatoms. The summed E-state index contributed by atoms with van der Waals surface area (Å²) in [6.07, 6.45) is 4.60. The highest BCUT2D eigenvalue weighted by Gasteiger charge is 2.23. The third-order valence-electron chi connectivity index (χ3n) is 4.85. The summed E-state index contributed by atoms with van der Waals surface area (Å²) in [5, 5.41) is 2.83. The van der Waals surface area contributed by atoms with Crippen molar-refractivity contribution >= 4 is 5.91 Å². The lowest BCUT2D eigenvalue weighted by atomic mass is 10.0. The molecule has 0 saturated carbocycles. The number of rotatable bonds is 6. The van der Waals surface area contributed by atoms with Gasteiger partial charge in [-0.15, -0.1) is 0 Å². The number of H-pyrrole nitrogens is 2. The Morgan fingerprint density at radius 1 is 1.19 bits per heavy atom. The first kappa shape index (κ1) is 18.9. The second kappa shape index (κ2) is 8.68. The highest BCUT2D eigenvalue weighted by atomic mass is 16.5. The fourth-order valence-electron chi connectivity index (χ4n) is 3.38. The minimum Gasteiger partial charge on any atom is -0.497 e. The first-order chi connectivity index (χ1) is 13.1. The van der Waals surface area contributed by atoms with Crippen molar-refractivity contribution in [3.63, 3.8) is 0 Å². The van der Waals surface area contributed by atoms with Gasteiger partial charge in [0.25, 0.3) is 11.5 Å². The zero-order valence-electron chi connectivity index (χ0n) is 15.3. The fraction of sp³-hybridized carbons (Fsp3) is 0.421. The third-order valence-corrected chi connectivity index (χ3v) is 4.85. The van der Waals surface area contributed by atoms with Crippen LogP contribution in [0.4, 0.5) is 0 Å². The number of benzene rings is 1. The molecular formula is C19H24N4O4. The Balaban J connectivity index is 1.76. The van der Waals surface area contributed by atoms with Crippen LogP contribution in [0.5, 0.6) is 5.75 Å². The number of nitrogens with one attached hydrogen (secondary N) is 3. The van der Waals surface area contributed by atoms with Crippen molar-refractivity contribution in [3.05, 3.63) is 62.4 Å². The molecule has 1 aromatic heterocycles. The van der Waals surface area contributed by atoms with Crippen LogP contribution in [-0.2, 0) is 0 Å². The Bertz CT molecular complexity index is 882. The van der Waals surface area contributed by atoms with Gasteiger partial charge < -0.3 is 15.0 Å². The maximum atomic E-state index is 12.4. The summed E-state index contributed by atoms with van der Waals surface area (Å²) in [6.45, 7) is 2.29. The van der Waals surface area contributed by atoms with E-state index in [-0.39, 0.29) is 11.6 Å². The number of aromatic amines is 2. The number of ether oxygens (including phenoxy) is 1. The number of carbonyl (C=O) groups excluding carboxylic acids is 1. The Kier molecular flexibility index (Phi) is 6.08. The van der Waals surface area contributed by atoms with Crippen molar-refractivity contribution in [3.8, 4) is 5.75 Å². The molecule has 1 aromatic carbocycles. The van der Waals surface area contributed by atoms with Crippen molar-refractivity contribution < 1.29 is 9.53 Å². The van der Waals surface area contributed by atoms with Gasteiger partial charge in [0.2, 0.25) is 0 Å².